The maximum Gasteiger partial charge on any atom is 0.243 e. The number of benzene rings is 2. The second kappa shape index (κ2) is 8.69. The fourth-order valence-corrected chi connectivity index (χ4v) is 5.38. The second-order valence-corrected chi connectivity index (χ2v) is 9.17. The number of nitrogens with zero attached hydrogens (tertiary/aromatic N) is 1. The highest BCUT2D eigenvalue weighted by atomic mass is 35.5. The van der Waals surface area contributed by atoms with Crippen molar-refractivity contribution in [2.24, 2.45) is 0 Å². The van der Waals surface area contributed by atoms with Gasteiger partial charge in [0.2, 0.25) is 10.0 Å². The molecule has 0 amide bonds. The third kappa shape index (κ3) is 4.12. The highest BCUT2D eigenvalue weighted by Crippen LogP contribution is 2.30. The lowest BCUT2D eigenvalue weighted by molar-refractivity contribution is -0.933. The maximum absolute atomic E-state index is 13.1. The van der Waals surface area contributed by atoms with Crippen LogP contribution in [0.3, 0.4) is 0 Å². The first-order valence-electron chi connectivity index (χ1n) is 9.19. The van der Waals surface area contributed by atoms with Gasteiger partial charge in [0.25, 0.3) is 0 Å². The Morgan fingerprint density at radius 2 is 1.68 bits per heavy atom. The number of ether oxygens (including phenoxy) is 2. The summed E-state index contributed by atoms with van der Waals surface area (Å²) in [5, 5.41) is 0.753. The largest absolute Gasteiger partial charge is 0.493 e. The number of hydrogen-bond donors (Lipinski definition) is 1. The molecular formula is C20H26ClN2O4S+. The van der Waals surface area contributed by atoms with E-state index in [-0.39, 0.29) is 10.9 Å². The quantitative estimate of drug-likeness (QED) is 0.769. The minimum atomic E-state index is -3.58. The zero-order valence-corrected chi connectivity index (χ0v) is 17.9. The molecule has 2 aromatic rings. The molecule has 1 aliphatic rings. The summed E-state index contributed by atoms with van der Waals surface area (Å²) in [5.41, 5.74) is 1.09. The molecule has 28 heavy (non-hydrogen) atoms. The van der Waals surface area contributed by atoms with E-state index in [1.165, 1.54) is 29.5 Å². The van der Waals surface area contributed by atoms with Crippen molar-refractivity contribution < 1.29 is 22.8 Å². The van der Waals surface area contributed by atoms with Gasteiger partial charge < -0.3 is 14.4 Å². The number of piperazine rings is 1. The molecule has 1 heterocycles. The van der Waals surface area contributed by atoms with Crippen LogP contribution in [-0.2, 0) is 10.0 Å². The molecule has 1 saturated heterocycles. The molecule has 8 heteroatoms. The van der Waals surface area contributed by atoms with Crippen molar-refractivity contribution in [3.8, 4) is 11.5 Å². The molecule has 1 aliphatic heterocycles. The van der Waals surface area contributed by atoms with Gasteiger partial charge in [-0.05, 0) is 25.1 Å². The first kappa shape index (κ1) is 20.9. The number of methoxy groups -OCH3 is 2. The van der Waals surface area contributed by atoms with Crippen molar-refractivity contribution in [2.75, 3.05) is 40.4 Å². The average molecular weight is 426 g/mol. The molecule has 0 aliphatic carbocycles. The molecule has 2 aromatic carbocycles. The smallest absolute Gasteiger partial charge is 0.243 e. The van der Waals surface area contributed by atoms with Crippen molar-refractivity contribution in [3.05, 3.63) is 53.1 Å². The zero-order chi connectivity index (χ0) is 20.3. The van der Waals surface area contributed by atoms with Gasteiger partial charge >= 0.3 is 0 Å². The third-order valence-electron chi connectivity index (χ3n) is 5.34. The van der Waals surface area contributed by atoms with Gasteiger partial charge in [-0.3, -0.25) is 0 Å². The number of sulfonamides is 1. The van der Waals surface area contributed by atoms with Crippen LogP contribution < -0.4 is 14.4 Å². The van der Waals surface area contributed by atoms with Crippen LogP contribution in [0, 0.1) is 0 Å². The first-order valence-corrected chi connectivity index (χ1v) is 11.0. The van der Waals surface area contributed by atoms with Gasteiger partial charge in [-0.25, -0.2) is 8.42 Å². The number of quaternary nitrogens is 1. The molecule has 1 N–H and O–H groups in total. The monoisotopic (exact) mass is 425 g/mol. The van der Waals surface area contributed by atoms with Gasteiger partial charge in [-0.2, -0.15) is 4.31 Å². The van der Waals surface area contributed by atoms with E-state index >= 15 is 0 Å². The van der Waals surface area contributed by atoms with Gasteiger partial charge in [0.05, 0.1) is 45.3 Å². The summed E-state index contributed by atoms with van der Waals surface area (Å²) in [6.45, 7) is 4.49. The van der Waals surface area contributed by atoms with E-state index in [4.69, 9.17) is 21.1 Å². The van der Waals surface area contributed by atoms with Crippen LogP contribution in [0.25, 0.3) is 0 Å². The normalized spacial score (nSPS) is 17.3. The Kier molecular flexibility index (Phi) is 6.50. The number of hydrogen-bond acceptors (Lipinski definition) is 4. The predicted octanol–water partition coefficient (Wildman–Crippen LogP) is 2.01. The van der Waals surface area contributed by atoms with Crippen molar-refractivity contribution >= 4 is 21.6 Å². The minimum absolute atomic E-state index is 0.208. The Morgan fingerprint density at radius 1 is 1.04 bits per heavy atom. The molecule has 0 radical (unpaired) electrons. The highest BCUT2D eigenvalue weighted by molar-refractivity contribution is 7.89. The first-order chi connectivity index (χ1) is 13.4. The SMILES string of the molecule is COc1ccc(S(=O)(=O)N2CC[NH+]([C@@H](C)c3ccccc3Cl)CC2)cc1OC. The van der Waals surface area contributed by atoms with Crippen LogP contribution in [0.1, 0.15) is 18.5 Å². The minimum Gasteiger partial charge on any atom is -0.493 e. The Labute approximate surface area is 171 Å². The Bertz CT molecular complexity index is 928. The van der Waals surface area contributed by atoms with E-state index in [2.05, 4.69) is 6.92 Å². The fraction of sp³-hybridized carbons (Fsp3) is 0.400. The lowest BCUT2D eigenvalue weighted by Crippen LogP contribution is -3.14. The summed E-state index contributed by atoms with van der Waals surface area (Å²) in [7, 11) is -0.569. The van der Waals surface area contributed by atoms with E-state index in [9.17, 15) is 8.42 Å². The summed E-state index contributed by atoms with van der Waals surface area (Å²) < 4.78 is 38.1. The number of halogens is 1. The van der Waals surface area contributed by atoms with Crippen LogP contribution in [0.2, 0.25) is 5.02 Å². The maximum atomic E-state index is 13.1. The van der Waals surface area contributed by atoms with Gasteiger partial charge in [0.1, 0.15) is 6.04 Å². The summed E-state index contributed by atoms with van der Waals surface area (Å²) in [6.07, 6.45) is 0. The number of rotatable bonds is 6. The van der Waals surface area contributed by atoms with Gasteiger partial charge in [-0.15, -0.1) is 0 Å². The second-order valence-electron chi connectivity index (χ2n) is 6.82. The van der Waals surface area contributed by atoms with Gasteiger partial charge in [0, 0.05) is 16.7 Å². The fourth-order valence-electron chi connectivity index (χ4n) is 3.62. The molecule has 3 rings (SSSR count). The predicted molar refractivity (Wildman–Crippen MR) is 109 cm³/mol. The van der Waals surface area contributed by atoms with Crippen LogP contribution in [0.4, 0.5) is 0 Å². The molecule has 1 atom stereocenters. The highest BCUT2D eigenvalue weighted by Gasteiger charge is 2.33. The summed E-state index contributed by atoms with van der Waals surface area (Å²) in [6, 6.07) is 12.7. The molecule has 0 bridgehead atoms. The molecule has 0 spiro atoms. The van der Waals surface area contributed by atoms with Crippen LogP contribution in [0.5, 0.6) is 11.5 Å². The zero-order valence-electron chi connectivity index (χ0n) is 16.3. The number of nitrogens with one attached hydrogen (secondary N) is 1. The van der Waals surface area contributed by atoms with Crippen molar-refractivity contribution in [1.29, 1.82) is 0 Å². The average Bonchev–Trinajstić information content (AvgIpc) is 2.73. The molecule has 6 nitrogen and oxygen atoms in total. The van der Waals surface area contributed by atoms with E-state index in [0.29, 0.717) is 24.6 Å². The third-order valence-corrected chi connectivity index (χ3v) is 7.58. The van der Waals surface area contributed by atoms with E-state index in [1.807, 2.05) is 24.3 Å². The van der Waals surface area contributed by atoms with E-state index < -0.39 is 10.0 Å². The Morgan fingerprint density at radius 3 is 2.29 bits per heavy atom. The molecular weight excluding hydrogens is 400 g/mol. The lowest BCUT2D eigenvalue weighted by Gasteiger charge is -2.35. The summed E-state index contributed by atoms with van der Waals surface area (Å²) in [5.74, 6) is 0.907. The summed E-state index contributed by atoms with van der Waals surface area (Å²) in [4.78, 5) is 1.54. The molecule has 152 valence electrons. The van der Waals surface area contributed by atoms with Crippen molar-refractivity contribution in [1.82, 2.24) is 4.31 Å². The van der Waals surface area contributed by atoms with Crippen LogP contribution in [-0.4, -0.2) is 53.1 Å². The lowest BCUT2D eigenvalue weighted by atomic mass is 10.1. The molecule has 1 fully saturated rings. The molecule has 0 unspecified atom stereocenters. The van der Waals surface area contributed by atoms with Crippen LogP contribution >= 0.6 is 11.6 Å². The van der Waals surface area contributed by atoms with Gasteiger partial charge in [0.15, 0.2) is 11.5 Å². The molecule has 0 aromatic heterocycles. The Balaban J connectivity index is 1.73. The molecule has 0 saturated carbocycles. The summed E-state index contributed by atoms with van der Waals surface area (Å²) >= 11 is 6.33. The van der Waals surface area contributed by atoms with Crippen LogP contribution in [0.15, 0.2) is 47.4 Å². The van der Waals surface area contributed by atoms with Gasteiger partial charge in [-0.1, -0.05) is 29.8 Å². The van der Waals surface area contributed by atoms with E-state index in [0.717, 1.165) is 23.7 Å². The van der Waals surface area contributed by atoms with Crippen molar-refractivity contribution in [3.63, 3.8) is 0 Å². The topological polar surface area (TPSA) is 60.3 Å². The standard InChI is InChI=1S/C20H25ClN2O4S/c1-15(17-6-4-5-7-18(17)21)22-10-12-23(13-11-22)28(24,25)16-8-9-19(26-2)20(14-16)27-3/h4-9,14-15H,10-13H2,1-3H3/p+1/t15-/m0/s1. The van der Waals surface area contributed by atoms with E-state index in [1.54, 1.807) is 12.1 Å². The Hall–Kier alpha value is -1.80. The van der Waals surface area contributed by atoms with Crippen molar-refractivity contribution in [2.45, 2.75) is 17.9 Å².